The minimum absolute atomic E-state index is 0.384. The van der Waals surface area contributed by atoms with Crippen molar-refractivity contribution in [2.24, 2.45) is 0 Å². The number of benzene rings is 1. The Balaban J connectivity index is 2.36. The van der Waals surface area contributed by atoms with Gasteiger partial charge in [-0.15, -0.1) is 0 Å². The van der Waals surface area contributed by atoms with Crippen molar-refractivity contribution in [3.05, 3.63) is 29.8 Å². The molecule has 3 N–H and O–H groups in total. The molecule has 0 fully saturated rings. The molecule has 0 saturated heterocycles. The van der Waals surface area contributed by atoms with Gasteiger partial charge < -0.3 is 25.0 Å². The normalized spacial score (nSPS) is 15.7. The highest BCUT2D eigenvalue weighted by molar-refractivity contribution is 5.28. The van der Waals surface area contributed by atoms with Crippen LogP contribution in [0.1, 0.15) is 25.0 Å². The first-order valence-electron chi connectivity index (χ1n) is 6.72. The maximum Gasteiger partial charge on any atom is 0.118 e. The molecule has 2 atom stereocenters. The van der Waals surface area contributed by atoms with E-state index < -0.39 is 11.7 Å². The van der Waals surface area contributed by atoms with Gasteiger partial charge in [-0.3, -0.25) is 0 Å². The van der Waals surface area contributed by atoms with E-state index in [1.165, 1.54) is 0 Å². The van der Waals surface area contributed by atoms with Gasteiger partial charge in [-0.2, -0.15) is 0 Å². The summed E-state index contributed by atoms with van der Waals surface area (Å²) >= 11 is 0. The molecule has 20 heavy (non-hydrogen) atoms. The van der Waals surface area contributed by atoms with Gasteiger partial charge in [0.05, 0.1) is 18.8 Å². The Morgan fingerprint density at radius 1 is 1.25 bits per heavy atom. The summed E-state index contributed by atoms with van der Waals surface area (Å²) in [6, 6.07) is 7.28. The van der Waals surface area contributed by atoms with Gasteiger partial charge >= 0.3 is 0 Å². The summed E-state index contributed by atoms with van der Waals surface area (Å²) in [5.41, 5.74) is -0.0230. The fraction of sp³-hybridized carbons (Fsp3) is 0.600. The second-order valence-corrected chi connectivity index (χ2v) is 5.16. The summed E-state index contributed by atoms with van der Waals surface area (Å²) in [6.45, 7) is 3.05. The van der Waals surface area contributed by atoms with Gasteiger partial charge in [0, 0.05) is 33.2 Å². The molecule has 0 aliphatic carbocycles. The first-order valence-corrected chi connectivity index (χ1v) is 6.72. The van der Waals surface area contributed by atoms with E-state index in [-0.39, 0.29) is 0 Å². The lowest BCUT2D eigenvalue weighted by Gasteiger charge is -2.24. The van der Waals surface area contributed by atoms with E-state index in [4.69, 9.17) is 9.47 Å². The molecule has 1 aromatic carbocycles. The van der Waals surface area contributed by atoms with E-state index in [0.717, 1.165) is 11.3 Å². The van der Waals surface area contributed by atoms with Gasteiger partial charge in [-0.25, -0.2) is 0 Å². The van der Waals surface area contributed by atoms with Gasteiger partial charge in [-0.05, 0) is 24.6 Å². The Hall–Kier alpha value is -1.14. The smallest absolute Gasteiger partial charge is 0.118 e. The Labute approximate surface area is 120 Å². The average Bonchev–Trinajstić information content (AvgIpc) is 2.45. The molecule has 2 unspecified atom stereocenters. The fourth-order valence-corrected chi connectivity index (χ4v) is 1.83. The third-order valence-corrected chi connectivity index (χ3v) is 3.19. The Morgan fingerprint density at radius 2 is 1.90 bits per heavy atom. The molecule has 0 spiro atoms. The molecule has 1 aromatic rings. The van der Waals surface area contributed by atoms with E-state index in [0.29, 0.717) is 26.1 Å². The van der Waals surface area contributed by atoms with Crippen LogP contribution in [0.2, 0.25) is 0 Å². The number of aliphatic hydroxyl groups is 2. The molecule has 5 nitrogen and oxygen atoms in total. The van der Waals surface area contributed by atoms with E-state index in [9.17, 15) is 10.2 Å². The molecule has 1 rings (SSSR count). The molecule has 0 heterocycles. The van der Waals surface area contributed by atoms with Crippen molar-refractivity contribution in [3.63, 3.8) is 0 Å². The Kier molecular flexibility index (Phi) is 6.95. The third-order valence-electron chi connectivity index (χ3n) is 3.19. The Morgan fingerprint density at radius 3 is 2.45 bits per heavy atom. The van der Waals surface area contributed by atoms with Gasteiger partial charge in [0.2, 0.25) is 0 Å². The van der Waals surface area contributed by atoms with Crippen LogP contribution in [0.25, 0.3) is 0 Å². The minimum Gasteiger partial charge on any atom is -0.497 e. The lowest BCUT2D eigenvalue weighted by molar-refractivity contribution is 0.0225. The molecule has 0 saturated carbocycles. The van der Waals surface area contributed by atoms with Gasteiger partial charge in [0.25, 0.3) is 0 Å². The quantitative estimate of drug-likeness (QED) is 0.633. The van der Waals surface area contributed by atoms with Crippen LogP contribution in [0.3, 0.4) is 0 Å². The first kappa shape index (κ1) is 16.9. The zero-order chi connectivity index (χ0) is 15.0. The van der Waals surface area contributed by atoms with Crippen LogP contribution in [-0.2, 0) is 4.74 Å². The lowest BCUT2D eigenvalue weighted by Crippen LogP contribution is -2.40. The van der Waals surface area contributed by atoms with E-state index >= 15 is 0 Å². The number of methoxy groups -OCH3 is 2. The van der Waals surface area contributed by atoms with Crippen molar-refractivity contribution in [1.82, 2.24) is 5.32 Å². The van der Waals surface area contributed by atoms with E-state index in [1.54, 1.807) is 21.1 Å². The number of ether oxygens (including phenoxy) is 2. The second-order valence-electron chi connectivity index (χ2n) is 5.16. The largest absolute Gasteiger partial charge is 0.497 e. The standard InChI is InChI=1S/C15H25NO4/c1-15(18,8-9-19-2)11-16-10-14(17)12-4-6-13(20-3)7-5-12/h4-7,14,16-18H,8-11H2,1-3H3. The van der Waals surface area contributed by atoms with Crippen molar-refractivity contribution in [2.75, 3.05) is 33.9 Å². The van der Waals surface area contributed by atoms with Crippen LogP contribution >= 0.6 is 0 Å². The van der Waals surface area contributed by atoms with Crippen molar-refractivity contribution < 1.29 is 19.7 Å². The highest BCUT2D eigenvalue weighted by atomic mass is 16.5. The molecule has 0 radical (unpaired) electrons. The Bertz CT molecular complexity index is 378. The summed E-state index contributed by atoms with van der Waals surface area (Å²) in [5, 5.41) is 23.2. The van der Waals surface area contributed by atoms with E-state index in [2.05, 4.69) is 5.32 Å². The van der Waals surface area contributed by atoms with Crippen LogP contribution in [0, 0.1) is 0 Å². The summed E-state index contributed by atoms with van der Waals surface area (Å²) in [4.78, 5) is 0. The second kappa shape index (κ2) is 8.21. The monoisotopic (exact) mass is 283 g/mol. The molecule has 0 aromatic heterocycles. The lowest BCUT2D eigenvalue weighted by atomic mass is 10.0. The highest BCUT2D eigenvalue weighted by Crippen LogP contribution is 2.17. The molecule has 0 bridgehead atoms. The fourth-order valence-electron chi connectivity index (χ4n) is 1.83. The van der Waals surface area contributed by atoms with Crippen molar-refractivity contribution in [3.8, 4) is 5.75 Å². The van der Waals surface area contributed by atoms with Crippen LogP contribution in [0.4, 0.5) is 0 Å². The van der Waals surface area contributed by atoms with Crippen LogP contribution in [0.15, 0.2) is 24.3 Å². The van der Waals surface area contributed by atoms with Crippen molar-refractivity contribution in [2.45, 2.75) is 25.0 Å². The molecular weight excluding hydrogens is 258 g/mol. The zero-order valence-electron chi connectivity index (χ0n) is 12.4. The first-order chi connectivity index (χ1) is 9.48. The summed E-state index contributed by atoms with van der Waals surface area (Å²) in [6.07, 6.45) is -0.0612. The topological polar surface area (TPSA) is 71.0 Å². The molecular formula is C15H25NO4. The summed E-state index contributed by atoms with van der Waals surface area (Å²) < 4.78 is 10.0. The van der Waals surface area contributed by atoms with E-state index in [1.807, 2.05) is 24.3 Å². The molecule has 0 aliphatic rings. The minimum atomic E-state index is -0.838. The van der Waals surface area contributed by atoms with Crippen LogP contribution < -0.4 is 10.1 Å². The summed E-state index contributed by atoms with van der Waals surface area (Å²) in [5.74, 6) is 0.761. The van der Waals surface area contributed by atoms with Crippen LogP contribution in [-0.4, -0.2) is 49.7 Å². The van der Waals surface area contributed by atoms with Crippen molar-refractivity contribution in [1.29, 1.82) is 0 Å². The average molecular weight is 283 g/mol. The molecule has 5 heteroatoms. The number of rotatable bonds is 9. The third kappa shape index (κ3) is 5.88. The van der Waals surface area contributed by atoms with Gasteiger partial charge in [-0.1, -0.05) is 12.1 Å². The summed E-state index contributed by atoms with van der Waals surface area (Å²) in [7, 11) is 3.21. The van der Waals surface area contributed by atoms with Crippen molar-refractivity contribution >= 4 is 0 Å². The zero-order valence-corrected chi connectivity index (χ0v) is 12.4. The number of hydrogen-bond acceptors (Lipinski definition) is 5. The van der Waals surface area contributed by atoms with Crippen LogP contribution in [0.5, 0.6) is 5.75 Å². The number of nitrogens with one attached hydrogen (secondary N) is 1. The molecule has 0 aliphatic heterocycles. The predicted octanol–water partition coefficient (Wildman–Crippen LogP) is 1.11. The molecule has 0 amide bonds. The number of aliphatic hydroxyl groups excluding tert-OH is 1. The maximum absolute atomic E-state index is 10.1. The van der Waals surface area contributed by atoms with Gasteiger partial charge in [0.15, 0.2) is 0 Å². The predicted molar refractivity (Wildman–Crippen MR) is 77.9 cm³/mol. The molecule has 114 valence electrons. The maximum atomic E-state index is 10.1. The van der Waals surface area contributed by atoms with Gasteiger partial charge in [0.1, 0.15) is 5.75 Å². The highest BCUT2D eigenvalue weighted by Gasteiger charge is 2.20. The number of hydrogen-bond donors (Lipinski definition) is 3. The SMILES string of the molecule is COCCC(C)(O)CNCC(O)c1ccc(OC)cc1.